The molecule has 0 bridgehead atoms. The van der Waals surface area contributed by atoms with Gasteiger partial charge in [-0.3, -0.25) is 4.79 Å². The molecule has 1 fully saturated rings. The number of aromatic nitrogens is 3. The third-order valence-electron chi connectivity index (χ3n) is 4.74. The molecule has 0 unspecified atom stereocenters. The standard InChI is InChI=1S/C19H21N5O/c20-11-16-7-4-10-23(16)19(25)18-9-8-17(22-18)14-12-21-24(13-14)15-5-2-1-3-6-15/h1-3,5-6,8-9,12-13,16,22H,4,7,10-11,20H2/t16-/m1/s1. The van der Waals surface area contributed by atoms with Gasteiger partial charge in [-0.15, -0.1) is 0 Å². The monoisotopic (exact) mass is 335 g/mol. The van der Waals surface area contributed by atoms with Crippen molar-refractivity contribution in [1.82, 2.24) is 19.7 Å². The maximum absolute atomic E-state index is 12.7. The number of aromatic amines is 1. The number of para-hydroxylation sites is 1. The average Bonchev–Trinajstić information content (AvgIpc) is 3.41. The number of nitrogens with one attached hydrogen (secondary N) is 1. The number of likely N-dealkylation sites (tertiary alicyclic amines) is 1. The van der Waals surface area contributed by atoms with Gasteiger partial charge in [0.1, 0.15) is 5.69 Å². The topological polar surface area (TPSA) is 79.9 Å². The predicted octanol–water partition coefficient (Wildman–Crippen LogP) is 2.43. The molecule has 128 valence electrons. The second-order valence-corrected chi connectivity index (χ2v) is 6.33. The van der Waals surface area contributed by atoms with Crippen molar-refractivity contribution in [3.63, 3.8) is 0 Å². The molecule has 0 saturated carbocycles. The van der Waals surface area contributed by atoms with Gasteiger partial charge in [-0.05, 0) is 37.1 Å². The van der Waals surface area contributed by atoms with E-state index in [4.69, 9.17) is 5.73 Å². The van der Waals surface area contributed by atoms with Crippen LogP contribution in [0.3, 0.4) is 0 Å². The Morgan fingerprint density at radius 3 is 2.88 bits per heavy atom. The van der Waals surface area contributed by atoms with Gasteiger partial charge < -0.3 is 15.6 Å². The summed E-state index contributed by atoms with van der Waals surface area (Å²) in [5, 5.41) is 4.40. The first-order valence-electron chi connectivity index (χ1n) is 8.57. The van der Waals surface area contributed by atoms with E-state index >= 15 is 0 Å². The van der Waals surface area contributed by atoms with Gasteiger partial charge in [0.15, 0.2) is 0 Å². The van der Waals surface area contributed by atoms with Crippen LogP contribution in [0.15, 0.2) is 54.9 Å². The summed E-state index contributed by atoms with van der Waals surface area (Å²) in [6.45, 7) is 1.30. The van der Waals surface area contributed by atoms with E-state index < -0.39 is 0 Å². The minimum atomic E-state index is 0.0228. The SMILES string of the molecule is NC[C@H]1CCCN1C(=O)c1ccc(-c2cnn(-c3ccccc3)c2)[nH]1. The minimum absolute atomic E-state index is 0.0228. The van der Waals surface area contributed by atoms with Crippen LogP contribution < -0.4 is 5.73 Å². The van der Waals surface area contributed by atoms with Crippen LogP contribution in [-0.4, -0.2) is 44.7 Å². The number of rotatable bonds is 4. The summed E-state index contributed by atoms with van der Waals surface area (Å²) in [5.41, 5.74) is 9.21. The fraction of sp³-hybridized carbons (Fsp3) is 0.263. The van der Waals surface area contributed by atoms with Crippen LogP contribution in [0.1, 0.15) is 23.3 Å². The van der Waals surface area contributed by atoms with E-state index in [0.29, 0.717) is 12.2 Å². The van der Waals surface area contributed by atoms with Crippen molar-refractivity contribution in [1.29, 1.82) is 0 Å². The van der Waals surface area contributed by atoms with E-state index in [1.165, 1.54) is 0 Å². The number of hydrogen-bond donors (Lipinski definition) is 2. The van der Waals surface area contributed by atoms with Crippen molar-refractivity contribution in [2.75, 3.05) is 13.1 Å². The Kier molecular flexibility index (Phi) is 4.11. The van der Waals surface area contributed by atoms with E-state index in [9.17, 15) is 4.79 Å². The van der Waals surface area contributed by atoms with E-state index in [-0.39, 0.29) is 11.9 Å². The highest BCUT2D eigenvalue weighted by molar-refractivity contribution is 5.93. The summed E-state index contributed by atoms with van der Waals surface area (Å²) >= 11 is 0. The fourth-order valence-electron chi connectivity index (χ4n) is 3.37. The highest BCUT2D eigenvalue weighted by Gasteiger charge is 2.29. The maximum atomic E-state index is 12.7. The molecular formula is C19H21N5O. The molecule has 25 heavy (non-hydrogen) atoms. The number of amides is 1. The molecule has 1 aliphatic heterocycles. The van der Waals surface area contributed by atoms with Gasteiger partial charge in [0.2, 0.25) is 0 Å². The molecule has 0 radical (unpaired) electrons. The molecule has 2 aromatic heterocycles. The lowest BCUT2D eigenvalue weighted by atomic mass is 10.2. The molecule has 1 aromatic carbocycles. The van der Waals surface area contributed by atoms with Crippen LogP contribution >= 0.6 is 0 Å². The van der Waals surface area contributed by atoms with Crippen LogP contribution in [0, 0.1) is 0 Å². The van der Waals surface area contributed by atoms with Gasteiger partial charge in [0.25, 0.3) is 5.91 Å². The summed E-state index contributed by atoms with van der Waals surface area (Å²) in [5.74, 6) is 0.0228. The molecule has 1 saturated heterocycles. The zero-order valence-corrected chi connectivity index (χ0v) is 13.9. The van der Waals surface area contributed by atoms with Crippen molar-refractivity contribution in [2.45, 2.75) is 18.9 Å². The van der Waals surface area contributed by atoms with Crippen molar-refractivity contribution in [2.24, 2.45) is 5.73 Å². The normalized spacial score (nSPS) is 17.2. The molecule has 4 rings (SSSR count). The zero-order valence-electron chi connectivity index (χ0n) is 13.9. The van der Waals surface area contributed by atoms with Crippen LogP contribution in [0.2, 0.25) is 0 Å². The van der Waals surface area contributed by atoms with E-state index in [0.717, 1.165) is 36.3 Å². The largest absolute Gasteiger partial charge is 0.350 e. The molecule has 6 nitrogen and oxygen atoms in total. The molecule has 1 aliphatic rings. The van der Waals surface area contributed by atoms with Gasteiger partial charge in [-0.25, -0.2) is 4.68 Å². The van der Waals surface area contributed by atoms with Crippen LogP contribution in [0.5, 0.6) is 0 Å². The Hall–Kier alpha value is -2.86. The van der Waals surface area contributed by atoms with Crippen molar-refractivity contribution in [3.8, 4) is 16.9 Å². The van der Waals surface area contributed by atoms with Crippen LogP contribution in [0.4, 0.5) is 0 Å². The third-order valence-corrected chi connectivity index (χ3v) is 4.74. The fourth-order valence-corrected chi connectivity index (χ4v) is 3.37. The number of H-pyrrole nitrogens is 1. The van der Waals surface area contributed by atoms with Gasteiger partial charge in [0, 0.05) is 36.6 Å². The Labute approximate surface area is 146 Å². The highest BCUT2D eigenvalue weighted by atomic mass is 16.2. The lowest BCUT2D eigenvalue weighted by molar-refractivity contribution is 0.0736. The Balaban J connectivity index is 1.56. The molecule has 3 N–H and O–H groups in total. The lowest BCUT2D eigenvalue weighted by Crippen LogP contribution is -2.40. The second kappa shape index (κ2) is 6.57. The molecule has 0 aliphatic carbocycles. The number of hydrogen-bond acceptors (Lipinski definition) is 3. The lowest BCUT2D eigenvalue weighted by Gasteiger charge is -2.22. The molecule has 0 spiro atoms. The quantitative estimate of drug-likeness (QED) is 0.768. The number of nitrogens with zero attached hydrogens (tertiary/aromatic N) is 3. The molecule has 3 heterocycles. The van der Waals surface area contributed by atoms with Gasteiger partial charge in [0.05, 0.1) is 11.9 Å². The minimum Gasteiger partial charge on any atom is -0.350 e. The number of carbonyl (C=O) groups excluding carboxylic acids is 1. The van der Waals surface area contributed by atoms with Crippen molar-refractivity contribution in [3.05, 3.63) is 60.6 Å². The van der Waals surface area contributed by atoms with Gasteiger partial charge in [-0.1, -0.05) is 18.2 Å². The van der Waals surface area contributed by atoms with Crippen molar-refractivity contribution < 1.29 is 4.79 Å². The third kappa shape index (κ3) is 2.96. The Bertz CT molecular complexity index is 867. The predicted molar refractivity (Wildman–Crippen MR) is 96.5 cm³/mol. The zero-order chi connectivity index (χ0) is 17.2. The Morgan fingerprint density at radius 1 is 1.24 bits per heavy atom. The number of nitrogens with two attached hydrogens (primary N) is 1. The molecule has 1 atom stereocenters. The van der Waals surface area contributed by atoms with Crippen molar-refractivity contribution >= 4 is 5.91 Å². The first kappa shape index (κ1) is 15.7. The molecular weight excluding hydrogens is 314 g/mol. The molecule has 6 heteroatoms. The summed E-state index contributed by atoms with van der Waals surface area (Å²) in [7, 11) is 0. The summed E-state index contributed by atoms with van der Waals surface area (Å²) < 4.78 is 1.82. The number of benzene rings is 1. The second-order valence-electron chi connectivity index (χ2n) is 6.33. The van der Waals surface area contributed by atoms with Gasteiger partial charge in [-0.2, -0.15) is 5.10 Å². The maximum Gasteiger partial charge on any atom is 0.270 e. The highest BCUT2D eigenvalue weighted by Crippen LogP contribution is 2.23. The first-order chi connectivity index (χ1) is 12.3. The Morgan fingerprint density at radius 2 is 2.08 bits per heavy atom. The first-order valence-corrected chi connectivity index (χ1v) is 8.57. The van der Waals surface area contributed by atoms with E-state index in [1.807, 2.05) is 58.2 Å². The molecule has 3 aromatic rings. The van der Waals surface area contributed by atoms with E-state index in [2.05, 4.69) is 10.1 Å². The van der Waals surface area contributed by atoms with Crippen LogP contribution in [-0.2, 0) is 0 Å². The van der Waals surface area contributed by atoms with Gasteiger partial charge >= 0.3 is 0 Å². The number of carbonyl (C=O) groups is 1. The smallest absolute Gasteiger partial charge is 0.270 e. The van der Waals surface area contributed by atoms with E-state index in [1.54, 1.807) is 6.20 Å². The summed E-state index contributed by atoms with van der Waals surface area (Å²) in [4.78, 5) is 17.8. The summed E-state index contributed by atoms with van der Waals surface area (Å²) in [6.07, 6.45) is 5.75. The summed E-state index contributed by atoms with van der Waals surface area (Å²) in [6, 6.07) is 13.8. The average molecular weight is 335 g/mol. The molecule has 1 amide bonds. The van der Waals surface area contributed by atoms with Crippen LogP contribution in [0.25, 0.3) is 16.9 Å².